The van der Waals surface area contributed by atoms with Crippen LogP contribution in [0.15, 0.2) is 11.6 Å². The molecule has 0 spiro atoms. The van der Waals surface area contributed by atoms with Crippen molar-refractivity contribution in [3.63, 3.8) is 0 Å². The highest BCUT2D eigenvalue weighted by molar-refractivity contribution is 5.14. The number of allylic oxidation sites excluding steroid dienone is 2. The van der Waals surface area contributed by atoms with E-state index in [9.17, 15) is 17.6 Å². The first-order valence-corrected chi connectivity index (χ1v) is 11.4. The predicted molar refractivity (Wildman–Crippen MR) is 103 cm³/mol. The third kappa shape index (κ3) is 5.52. The normalized spacial score (nSPS) is 40.2. The van der Waals surface area contributed by atoms with Gasteiger partial charge >= 0.3 is 6.36 Å². The van der Waals surface area contributed by atoms with Gasteiger partial charge < -0.3 is 0 Å². The molecule has 0 aromatic heterocycles. The summed E-state index contributed by atoms with van der Waals surface area (Å²) in [4.78, 5) is 0. The fourth-order valence-corrected chi connectivity index (χ4v) is 6.14. The molecule has 28 heavy (non-hydrogen) atoms. The van der Waals surface area contributed by atoms with E-state index in [0.717, 1.165) is 37.0 Å². The minimum absolute atomic E-state index is 0.0734. The second-order valence-electron chi connectivity index (χ2n) is 9.47. The van der Waals surface area contributed by atoms with Gasteiger partial charge in [0.1, 0.15) is 6.17 Å². The highest BCUT2D eigenvalue weighted by Gasteiger charge is 2.45. The van der Waals surface area contributed by atoms with Gasteiger partial charge in [-0.05, 0) is 74.5 Å². The van der Waals surface area contributed by atoms with Crippen LogP contribution in [0.3, 0.4) is 0 Å². The maximum absolute atomic E-state index is 14.6. The lowest BCUT2D eigenvalue weighted by atomic mass is 9.67. The quantitative estimate of drug-likeness (QED) is 0.338. The fraction of sp³-hybridized carbons (Fsp3) is 0.913. The van der Waals surface area contributed by atoms with Gasteiger partial charge in [0.2, 0.25) is 0 Å². The van der Waals surface area contributed by atoms with E-state index in [4.69, 9.17) is 0 Å². The number of hydrogen-bond acceptors (Lipinski definition) is 1. The molecule has 0 saturated heterocycles. The molecule has 0 N–H and O–H groups in total. The molecule has 3 aliphatic carbocycles. The summed E-state index contributed by atoms with van der Waals surface area (Å²) in [6, 6.07) is 0. The van der Waals surface area contributed by atoms with Crippen molar-refractivity contribution in [1.29, 1.82) is 0 Å². The Bertz CT molecular complexity index is 521. The summed E-state index contributed by atoms with van der Waals surface area (Å²) < 4.78 is 56.1. The Balaban J connectivity index is 1.51. The van der Waals surface area contributed by atoms with Gasteiger partial charge in [0.15, 0.2) is 0 Å². The third-order valence-electron chi connectivity index (χ3n) is 7.76. The Kier molecular flexibility index (Phi) is 7.49. The van der Waals surface area contributed by atoms with E-state index < -0.39 is 24.6 Å². The van der Waals surface area contributed by atoms with Crippen molar-refractivity contribution >= 4 is 0 Å². The smallest absolute Gasteiger partial charge is 0.285 e. The van der Waals surface area contributed by atoms with Crippen LogP contribution in [0, 0.1) is 29.6 Å². The van der Waals surface area contributed by atoms with Crippen molar-refractivity contribution < 1.29 is 22.3 Å². The average Bonchev–Trinajstić information content (AvgIpc) is 2.66. The Labute approximate surface area is 167 Å². The molecular formula is C23H36F4O. The molecule has 0 radical (unpaired) electrons. The molecule has 0 heterocycles. The van der Waals surface area contributed by atoms with Crippen LogP contribution in [0.1, 0.15) is 84.5 Å². The van der Waals surface area contributed by atoms with Gasteiger partial charge in [0, 0.05) is 0 Å². The van der Waals surface area contributed by atoms with Crippen LogP contribution in [-0.4, -0.2) is 18.6 Å². The molecule has 3 aliphatic rings. The first kappa shape index (κ1) is 22.1. The first-order chi connectivity index (χ1) is 13.3. The maximum Gasteiger partial charge on any atom is 0.522 e. The minimum Gasteiger partial charge on any atom is -0.285 e. The number of ether oxygens (including phenoxy) is 1. The van der Waals surface area contributed by atoms with Gasteiger partial charge in [0.25, 0.3) is 0 Å². The predicted octanol–water partition coefficient (Wildman–Crippen LogP) is 7.61. The van der Waals surface area contributed by atoms with Crippen molar-refractivity contribution in [3.8, 4) is 0 Å². The molecule has 3 rings (SSSR count). The van der Waals surface area contributed by atoms with Crippen molar-refractivity contribution in [1.82, 2.24) is 0 Å². The maximum atomic E-state index is 14.6. The Morgan fingerprint density at radius 2 is 1.71 bits per heavy atom. The van der Waals surface area contributed by atoms with Crippen LogP contribution in [0.4, 0.5) is 17.6 Å². The lowest BCUT2D eigenvalue weighted by Crippen LogP contribution is -2.43. The Morgan fingerprint density at radius 3 is 2.29 bits per heavy atom. The van der Waals surface area contributed by atoms with Crippen LogP contribution in [0.5, 0.6) is 0 Å². The lowest BCUT2D eigenvalue weighted by Gasteiger charge is -2.41. The molecule has 0 aromatic carbocycles. The molecule has 1 nitrogen and oxygen atoms in total. The summed E-state index contributed by atoms with van der Waals surface area (Å²) in [5, 5.41) is 0. The highest BCUT2D eigenvalue weighted by Crippen LogP contribution is 2.46. The van der Waals surface area contributed by atoms with Gasteiger partial charge in [-0.1, -0.05) is 51.2 Å². The molecule has 0 amide bonds. The molecule has 162 valence electrons. The van der Waals surface area contributed by atoms with E-state index in [-0.39, 0.29) is 12.3 Å². The Hall–Kier alpha value is -0.580. The van der Waals surface area contributed by atoms with Gasteiger partial charge in [-0.3, -0.25) is 4.74 Å². The Morgan fingerprint density at radius 1 is 1.00 bits per heavy atom. The van der Waals surface area contributed by atoms with Crippen LogP contribution in [0.2, 0.25) is 0 Å². The highest BCUT2D eigenvalue weighted by atomic mass is 19.4. The van der Waals surface area contributed by atoms with E-state index in [1.54, 1.807) is 6.92 Å². The number of rotatable bonds is 5. The lowest BCUT2D eigenvalue weighted by molar-refractivity contribution is -0.353. The van der Waals surface area contributed by atoms with Gasteiger partial charge in [-0.15, -0.1) is 13.2 Å². The summed E-state index contributed by atoms with van der Waals surface area (Å²) in [5.74, 6) is 2.16. The van der Waals surface area contributed by atoms with Gasteiger partial charge in [0.05, 0.1) is 6.10 Å². The van der Waals surface area contributed by atoms with E-state index in [1.165, 1.54) is 44.1 Å². The van der Waals surface area contributed by atoms with Crippen LogP contribution in [-0.2, 0) is 4.74 Å². The van der Waals surface area contributed by atoms with Crippen molar-refractivity contribution in [2.24, 2.45) is 29.6 Å². The van der Waals surface area contributed by atoms with E-state index in [1.807, 2.05) is 0 Å². The molecule has 2 fully saturated rings. The summed E-state index contributed by atoms with van der Waals surface area (Å²) in [7, 11) is 0. The molecule has 0 bridgehead atoms. The van der Waals surface area contributed by atoms with Gasteiger partial charge in [-0.2, -0.15) is 0 Å². The van der Waals surface area contributed by atoms with Crippen molar-refractivity contribution in [2.45, 2.75) is 103 Å². The second kappa shape index (κ2) is 9.49. The standard InChI is InChI=1S/C23H36F4O/c1-3-4-16-5-7-17(8-6-16)18-9-11-19(12-10-18)20-13-14-21(22(24)15(20)2)28-23(25,26)27/h11,15-18,20-22H,3-10,12-14H2,1-2H3. The monoisotopic (exact) mass is 404 g/mol. The first-order valence-electron chi connectivity index (χ1n) is 11.4. The SMILES string of the molecule is CCCC1CCC(C2CC=C(C3CCC(OC(F)(F)F)C(F)C3C)CC2)CC1. The van der Waals surface area contributed by atoms with E-state index in [2.05, 4.69) is 17.7 Å². The molecule has 5 atom stereocenters. The average molecular weight is 405 g/mol. The molecule has 0 aliphatic heterocycles. The summed E-state index contributed by atoms with van der Waals surface area (Å²) in [5.41, 5.74) is 1.29. The minimum atomic E-state index is -4.75. The fourth-order valence-electron chi connectivity index (χ4n) is 6.14. The topological polar surface area (TPSA) is 9.23 Å². The summed E-state index contributed by atoms with van der Waals surface area (Å²) in [6.45, 7) is 4.02. The summed E-state index contributed by atoms with van der Waals surface area (Å²) >= 11 is 0. The zero-order chi connectivity index (χ0) is 20.3. The van der Waals surface area contributed by atoms with Crippen molar-refractivity contribution in [2.75, 3.05) is 0 Å². The zero-order valence-corrected chi connectivity index (χ0v) is 17.3. The molecule has 5 heteroatoms. The van der Waals surface area contributed by atoms with E-state index in [0.29, 0.717) is 6.42 Å². The molecular weight excluding hydrogens is 368 g/mol. The van der Waals surface area contributed by atoms with E-state index >= 15 is 0 Å². The zero-order valence-electron chi connectivity index (χ0n) is 17.3. The molecule has 0 aromatic rings. The third-order valence-corrected chi connectivity index (χ3v) is 7.76. The molecule has 2 saturated carbocycles. The number of halogens is 4. The number of alkyl halides is 4. The van der Waals surface area contributed by atoms with Crippen LogP contribution >= 0.6 is 0 Å². The second-order valence-corrected chi connectivity index (χ2v) is 9.47. The van der Waals surface area contributed by atoms with Gasteiger partial charge in [-0.25, -0.2) is 4.39 Å². The van der Waals surface area contributed by atoms with Crippen LogP contribution in [0.25, 0.3) is 0 Å². The van der Waals surface area contributed by atoms with Crippen molar-refractivity contribution in [3.05, 3.63) is 11.6 Å². The molecule has 5 unspecified atom stereocenters. The number of hydrogen-bond donors (Lipinski definition) is 0. The largest absolute Gasteiger partial charge is 0.522 e. The summed E-state index contributed by atoms with van der Waals surface area (Å²) in [6.07, 6.45) is 6.73. The van der Waals surface area contributed by atoms with Crippen LogP contribution < -0.4 is 0 Å².